The first kappa shape index (κ1) is 10.3. The molecular formula is C9H17N3S. The summed E-state index contributed by atoms with van der Waals surface area (Å²) in [6.07, 6.45) is 0. The molecule has 0 aromatic carbocycles. The van der Waals surface area contributed by atoms with Crippen molar-refractivity contribution in [2.24, 2.45) is 0 Å². The van der Waals surface area contributed by atoms with Gasteiger partial charge in [0.2, 0.25) is 0 Å². The average molecular weight is 199 g/mol. The summed E-state index contributed by atoms with van der Waals surface area (Å²) in [5.41, 5.74) is 5.93. The Kier molecular flexibility index (Phi) is 2.52. The lowest BCUT2D eigenvalue weighted by atomic mass is 9.95. The Hall–Kier alpha value is -0.770. The Morgan fingerprint density at radius 3 is 2.08 bits per heavy atom. The van der Waals surface area contributed by atoms with Crippen LogP contribution in [0.5, 0.6) is 0 Å². The van der Waals surface area contributed by atoms with E-state index in [4.69, 9.17) is 5.73 Å². The zero-order valence-corrected chi connectivity index (χ0v) is 9.70. The van der Waals surface area contributed by atoms with Gasteiger partial charge in [-0.15, -0.1) is 0 Å². The van der Waals surface area contributed by atoms with Crippen LogP contribution in [0, 0.1) is 0 Å². The number of rotatable bonds is 1. The van der Waals surface area contributed by atoms with Crippen LogP contribution in [0.1, 0.15) is 25.6 Å². The van der Waals surface area contributed by atoms with E-state index in [0.717, 1.165) is 10.0 Å². The highest BCUT2D eigenvalue weighted by Crippen LogP contribution is 2.36. The third kappa shape index (κ3) is 2.12. The molecule has 1 aromatic heterocycles. The van der Waals surface area contributed by atoms with Crippen molar-refractivity contribution >= 4 is 22.3 Å². The topological polar surface area (TPSA) is 42.2 Å². The molecule has 0 aliphatic heterocycles. The quantitative estimate of drug-likeness (QED) is 0.753. The van der Waals surface area contributed by atoms with Crippen molar-refractivity contribution in [3.63, 3.8) is 0 Å². The van der Waals surface area contributed by atoms with Crippen LogP contribution < -0.4 is 10.6 Å². The van der Waals surface area contributed by atoms with Crippen molar-refractivity contribution in [3.05, 3.63) is 4.88 Å². The van der Waals surface area contributed by atoms with Crippen LogP contribution in [0.3, 0.4) is 0 Å². The second kappa shape index (κ2) is 3.18. The SMILES string of the molecule is CN(C)c1nc(N)c(C(C)(C)C)s1. The highest BCUT2D eigenvalue weighted by Gasteiger charge is 2.21. The number of nitrogens with two attached hydrogens (primary N) is 1. The molecule has 74 valence electrons. The Bertz CT molecular complexity index is 296. The van der Waals surface area contributed by atoms with Crippen LogP contribution >= 0.6 is 11.3 Å². The standard InChI is InChI=1S/C9H17N3S/c1-9(2,3)6-7(10)11-8(13-6)12(4)5/h10H2,1-5H3. The molecule has 4 heteroatoms. The van der Waals surface area contributed by atoms with E-state index in [0.29, 0.717) is 5.82 Å². The third-order valence-electron chi connectivity index (χ3n) is 1.71. The van der Waals surface area contributed by atoms with E-state index in [2.05, 4.69) is 25.8 Å². The van der Waals surface area contributed by atoms with E-state index in [1.165, 1.54) is 0 Å². The molecule has 1 rings (SSSR count). The molecule has 0 aliphatic carbocycles. The van der Waals surface area contributed by atoms with Crippen molar-refractivity contribution < 1.29 is 0 Å². The van der Waals surface area contributed by atoms with E-state index < -0.39 is 0 Å². The molecule has 0 bridgehead atoms. The van der Waals surface area contributed by atoms with Gasteiger partial charge in [0.1, 0.15) is 5.82 Å². The fraction of sp³-hybridized carbons (Fsp3) is 0.667. The van der Waals surface area contributed by atoms with Gasteiger partial charge in [0.25, 0.3) is 0 Å². The highest BCUT2D eigenvalue weighted by molar-refractivity contribution is 7.16. The van der Waals surface area contributed by atoms with Gasteiger partial charge in [-0.05, 0) is 0 Å². The molecule has 2 N–H and O–H groups in total. The molecular weight excluding hydrogens is 182 g/mol. The highest BCUT2D eigenvalue weighted by atomic mass is 32.1. The first-order valence-corrected chi connectivity index (χ1v) is 5.08. The molecule has 0 amide bonds. The van der Waals surface area contributed by atoms with Crippen molar-refractivity contribution in [1.29, 1.82) is 0 Å². The fourth-order valence-electron chi connectivity index (χ4n) is 1.05. The Morgan fingerprint density at radius 2 is 1.85 bits per heavy atom. The summed E-state index contributed by atoms with van der Waals surface area (Å²) in [5.74, 6) is 0.668. The minimum Gasteiger partial charge on any atom is -0.383 e. The van der Waals surface area contributed by atoms with Crippen molar-refractivity contribution in [2.75, 3.05) is 24.7 Å². The Morgan fingerprint density at radius 1 is 1.31 bits per heavy atom. The molecule has 0 saturated heterocycles. The molecule has 3 nitrogen and oxygen atoms in total. The summed E-state index contributed by atoms with van der Waals surface area (Å²) >= 11 is 1.66. The maximum atomic E-state index is 5.84. The molecule has 13 heavy (non-hydrogen) atoms. The van der Waals surface area contributed by atoms with E-state index in [1.807, 2.05) is 19.0 Å². The Balaban J connectivity index is 3.11. The summed E-state index contributed by atoms with van der Waals surface area (Å²) < 4.78 is 0. The predicted molar refractivity (Wildman–Crippen MR) is 59.6 cm³/mol. The second-order valence-electron chi connectivity index (χ2n) is 4.36. The van der Waals surface area contributed by atoms with E-state index >= 15 is 0 Å². The van der Waals surface area contributed by atoms with Gasteiger partial charge < -0.3 is 10.6 Å². The number of hydrogen-bond donors (Lipinski definition) is 1. The number of thiazole rings is 1. The second-order valence-corrected chi connectivity index (χ2v) is 5.33. The van der Waals surface area contributed by atoms with Crippen molar-refractivity contribution in [3.8, 4) is 0 Å². The number of hydrogen-bond acceptors (Lipinski definition) is 4. The van der Waals surface area contributed by atoms with E-state index in [1.54, 1.807) is 11.3 Å². The van der Waals surface area contributed by atoms with E-state index in [-0.39, 0.29) is 5.41 Å². The summed E-state index contributed by atoms with van der Waals surface area (Å²) in [4.78, 5) is 7.44. The van der Waals surface area contributed by atoms with Gasteiger partial charge in [0.15, 0.2) is 5.13 Å². The van der Waals surface area contributed by atoms with E-state index in [9.17, 15) is 0 Å². The molecule has 1 aromatic rings. The average Bonchev–Trinajstić information content (AvgIpc) is 2.29. The number of nitrogen functional groups attached to an aromatic ring is 1. The Labute approximate surface area is 83.6 Å². The normalized spacial score (nSPS) is 11.8. The van der Waals surface area contributed by atoms with Gasteiger partial charge in [0, 0.05) is 19.5 Å². The van der Waals surface area contributed by atoms with Crippen LogP contribution in [-0.2, 0) is 5.41 Å². The summed E-state index contributed by atoms with van der Waals surface area (Å²) in [5, 5.41) is 0.974. The molecule has 0 unspecified atom stereocenters. The lowest BCUT2D eigenvalue weighted by molar-refractivity contribution is 0.605. The predicted octanol–water partition coefficient (Wildman–Crippen LogP) is 2.09. The van der Waals surface area contributed by atoms with Gasteiger partial charge in [0.05, 0.1) is 4.88 Å². The minimum atomic E-state index is 0.0933. The van der Waals surface area contributed by atoms with Crippen LogP contribution in [0.25, 0.3) is 0 Å². The molecule has 0 atom stereocenters. The first-order valence-electron chi connectivity index (χ1n) is 4.26. The van der Waals surface area contributed by atoms with Gasteiger partial charge in [-0.25, -0.2) is 4.98 Å². The van der Waals surface area contributed by atoms with Crippen LogP contribution in [0.2, 0.25) is 0 Å². The van der Waals surface area contributed by atoms with Gasteiger partial charge in [-0.2, -0.15) is 0 Å². The lowest BCUT2D eigenvalue weighted by Crippen LogP contribution is -2.11. The number of anilines is 2. The molecule has 0 fully saturated rings. The largest absolute Gasteiger partial charge is 0.383 e. The number of nitrogens with zero attached hydrogens (tertiary/aromatic N) is 2. The zero-order chi connectivity index (χ0) is 10.2. The van der Waals surface area contributed by atoms with Gasteiger partial charge in [-0.1, -0.05) is 32.1 Å². The number of aromatic nitrogens is 1. The smallest absolute Gasteiger partial charge is 0.187 e. The third-order valence-corrected chi connectivity index (χ3v) is 3.37. The zero-order valence-electron chi connectivity index (χ0n) is 8.88. The monoisotopic (exact) mass is 199 g/mol. The fourth-order valence-corrected chi connectivity index (χ4v) is 2.01. The van der Waals surface area contributed by atoms with Gasteiger partial charge >= 0.3 is 0 Å². The maximum absolute atomic E-state index is 5.84. The lowest BCUT2D eigenvalue weighted by Gasteiger charge is -2.15. The summed E-state index contributed by atoms with van der Waals surface area (Å²) in [7, 11) is 3.95. The molecule has 1 heterocycles. The van der Waals surface area contributed by atoms with Crippen molar-refractivity contribution in [2.45, 2.75) is 26.2 Å². The van der Waals surface area contributed by atoms with Gasteiger partial charge in [-0.3, -0.25) is 0 Å². The van der Waals surface area contributed by atoms with Crippen molar-refractivity contribution in [1.82, 2.24) is 4.98 Å². The molecule has 0 radical (unpaired) electrons. The molecule has 0 spiro atoms. The minimum absolute atomic E-state index is 0.0933. The van der Waals surface area contributed by atoms with Crippen LogP contribution in [0.15, 0.2) is 0 Å². The molecule has 0 aliphatic rings. The van der Waals surface area contributed by atoms with Crippen LogP contribution in [0.4, 0.5) is 10.9 Å². The summed E-state index contributed by atoms with van der Waals surface area (Å²) in [6.45, 7) is 6.45. The maximum Gasteiger partial charge on any atom is 0.187 e. The molecule has 0 saturated carbocycles. The summed E-state index contributed by atoms with van der Waals surface area (Å²) in [6, 6.07) is 0. The first-order chi connectivity index (χ1) is 5.82. The van der Waals surface area contributed by atoms with Crippen LogP contribution in [-0.4, -0.2) is 19.1 Å².